The number of rotatable bonds is 3. The normalized spacial score (nSPS) is 11.1. The topological polar surface area (TPSA) is 69.1 Å². The summed E-state index contributed by atoms with van der Waals surface area (Å²) in [5.41, 5.74) is 7.59. The van der Waals surface area contributed by atoms with Crippen molar-refractivity contribution in [3.8, 4) is 11.3 Å². The van der Waals surface area contributed by atoms with Crippen molar-refractivity contribution in [1.82, 2.24) is 19.6 Å². The minimum atomic E-state index is -0.586. The molecule has 4 aromatic rings. The van der Waals surface area contributed by atoms with Gasteiger partial charge in [0.2, 0.25) is 0 Å². The Labute approximate surface area is 141 Å². The second-order valence-corrected chi connectivity index (χ2v) is 5.59. The monoisotopic (exact) mass is 337 g/mol. The number of nitrogen functional groups attached to an aromatic ring is 1. The van der Waals surface area contributed by atoms with Crippen LogP contribution in [0.3, 0.4) is 0 Å². The molecule has 0 aliphatic heterocycles. The van der Waals surface area contributed by atoms with E-state index in [0.717, 1.165) is 23.8 Å². The Morgan fingerprint density at radius 1 is 1.00 bits per heavy atom. The van der Waals surface area contributed by atoms with Crippen molar-refractivity contribution in [2.45, 2.75) is 6.42 Å². The van der Waals surface area contributed by atoms with Gasteiger partial charge >= 0.3 is 0 Å². The fourth-order valence-electron chi connectivity index (χ4n) is 2.63. The summed E-state index contributed by atoms with van der Waals surface area (Å²) in [6, 6.07) is 12.9. The van der Waals surface area contributed by atoms with Gasteiger partial charge in [-0.25, -0.2) is 23.3 Å². The van der Waals surface area contributed by atoms with Gasteiger partial charge in [-0.3, -0.25) is 0 Å². The van der Waals surface area contributed by atoms with Gasteiger partial charge in [0.25, 0.3) is 0 Å². The molecule has 124 valence electrons. The summed E-state index contributed by atoms with van der Waals surface area (Å²) in [5, 5.41) is 4.38. The van der Waals surface area contributed by atoms with Gasteiger partial charge in [-0.2, -0.15) is 5.10 Å². The van der Waals surface area contributed by atoms with E-state index in [9.17, 15) is 8.78 Å². The van der Waals surface area contributed by atoms with Crippen LogP contribution in [0.15, 0.2) is 54.7 Å². The molecule has 0 bridgehead atoms. The van der Waals surface area contributed by atoms with E-state index < -0.39 is 11.6 Å². The molecule has 7 heteroatoms. The Kier molecular flexibility index (Phi) is 3.61. The number of aromatic nitrogens is 4. The molecular weight excluding hydrogens is 324 g/mol. The molecule has 0 aliphatic carbocycles. The van der Waals surface area contributed by atoms with Gasteiger partial charge in [-0.15, -0.1) is 0 Å². The maximum absolute atomic E-state index is 14.0. The van der Waals surface area contributed by atoms with Gasteiger partial charge < -0.3 is 5.73 Å². The van der Waals surface area contributed by atoms with Crippen LogP contribution < -0.4 is 5.73 Å². The molecule has 0 radical (unpaired) electrons. The molecule has 0 atom stereocenters. The van der Waals surface area contributed by atoms with Crippen LogP contribution >= 0.6 is 0 Å². The lowest BCUT2D eigenvalue weighted by Gasteiger charge is -2.05. The van der Waals surface area contributed by atoms with Crippen LogP contribution in [-0.4, -0.2) is 19.6 Å². The lowest BCUT2D eigenvalue weighted by Crippen LogP contribution is -2.01. The van der Waals surface area contributed by atoms with Crippen LogP contribution in [0, 0.1) is 11.6 Å². The van der Waals surface area contributed by atoms with E-state index in [4.69, 9.17) is 5.73 Å². The molecular formula is C18H13F2N5. The quantitative estimate of drug-likeness (QED) is 0.623. The molecule has 2 heterocycles. The third kappa shape index (κ3) is 2.91. The Morgan fingerprint density at radius 3 is 2.60 bits per heavy atom. The van der Waals surface area contributed by atoms with Crippen LogP contribution in [0.25, 0.3) is 16.9 Å². The average molecular weight is 337 g/mol. The van der Waals surface area contributed by atoms with Gasteiger partial charge in [-0.1, -0.05) is 30.3 Å². The summed E-state index contributed by atoms with van der Waals surface area (Å²) < 4.78 is 28.9. The number of nitrogens with zero attached hydrogens (tertiary/aromatic N) is 4. The smallest absolute Gasteiger partial charge is 0.198 e. The SMILES string of the molecule is Nc1nc(-c2cc(F)ccc2F)cn2nc(Cc3ccccc3)nc12. The minimum Gasteiger partial charge on any atom is -0.381 e. The second-order valence-electron chi connectivity index (χ2n) is 5.59. The Hall–Kier alpha value is -3.35. The number of benzene rings is 2. The van der Waals surface area contributed by atoms with E-state index in [1.165, 1.54) is 10.7 Å². The predicted octanol–water partition coefficient (Wildman–Crippen LogP) is 3.24. The summed E-state index contributed by atoms with van der Waals surface area (Å²) in [6.45, 7) is 0. The first kappa shape index (κ1) is 15.2. The highest BCUT2D eigenvalue weighted by Gasteiger charge is 2.14. The first-order valence-corrected chi connectivity index (χ1v) is 7.61. The van der Waals surface area contributed by atoms with E-state index in [1.807, 2.05) is 30.3 Å². The van der Waals surface area contributed by atoms with Gasteiger partial charge in [-0.05, 0) is 23.8 Å². The molecule has 2 aromatic carbocycles. The predicted molar refractivity (Wildman–Crippen MR) is 89.8 cm³/mol. The third-order valence-electron chi connectivity index (χ3n) is 3.80. The number of nitrogens with two attached hydrogens (primary N) is 1. The van der Waals surface area contributed by atoms with Crippen molar-refractivity contribution in [2.24, 2.45) is 0 Å². The standard InChI is InChI=1S/C18H13F2N5/c19-12-6-7-14(20)13(9-12)15-10-25-18(17(21)22-15)23-16(24-25)8-11-4-2-1-3-5-11/h1-7,9-10H,8H2,(H2,21,22). The van der Waals surface area contributed by atoms with Crippen LogP contribution in [0.2, 0.25) is 0 Å². The van der Waals surface area contributed by atoms with Gasteiger partial charge in [0.1, 0.15) is 11.6 Å². The molecule has 0 amide bonds. The first-order valence-electron chi connectivity index (χ1n) is 7.61. The highest BCUT2D eigenvalue weighted by molar-refractivity contribution is 5.67. The summed E-state index contributed by atoms with van der Waals surface area (Å²) in [5.74, 6) is -0.470. The molecule has 0 aliphatic rings. The van der Waals surface area contributed by atoms with Gasteiger partial charge in [0.15, 0.2) is 17.3 Å². The van der Waals surface area contributed by atoms with Gasteiger partial charge in [0.05, 0.1) is 11.9 Å². The second kappa shape index (κ2) is 5.94. The maximum atomic E-state index is 14.0. The summed E-state index contributed by atoms with van der Waals surface area (Å²) in [6.07, 6.45) is 2.02. The van der Waals surface area contributed by atoms with E-state index in [0.29, 0.717) is 17.9 Å². The van der Waals surface area contributed by atoms with Crippen molar-refractivity contribution >= 4 is 11.5 Å². The number of hydrogen-bond acceptors (Lipinski definition) is 4. The number of halogens is 2. The van der Waals surface area contributed by atoms with E-state index in [2.05, 4.69) is 15.1 Å². The molecule has 2 N–H and O–H groups in total. The van der Waals surface area contributed by atoms with Crippen molar-refractivity contribution in [1.29, 1.82) is 0 Å². The Morgan fingerprint density at radius 2 is 1.80 bits per heavy atom. The Bertz CT molecular complexity index is 1060. The molecule has 2 aromatic heterocycles. The molecule has 25 heavy (non-hydrogen) atoms. The van der Waals surface area contributed by atoms with E-state index >= 15 is 0 Å². The van der Waals surface area contributed by atoms with Crippen LogP contribution in [0.4, 0.5) is 14.6 Å². The van der Waals surface area contributed by atoms with Crippen LogP contribution in [0.5, 0.6) is 0 Å². The number of hydrogen-bond donors (Lipinski definition) is 1. The van der Waals surface area contributed by atoms with E-state index in [1.54, 1.807) is 0 Å². The molecule has 0 fully saturated rings. The zero-order valence-corrected chi connectivity index (χ0v) is 13.0. The summed E-state index contributed by atoms with van der Waals surface area (Å²) in [7, 11) is 0. The average Bonchev–Trinajstić information content (AvgIpc) is 3.01. The Balaban J connectivity index is 1.78. The van der Waals surface area contributed by atoms with Crippen LogP contribution in [0.1, 0.15) is 11.4 Å². The van der Waals surface area contributed by atoms with Crippen molar-refractivity contribution in [2.75, 3.05) is 5.73 Å². The van der Waals surface area contributed by atoms with Crippen molar-refractivity contribution in [3.63, 3.8) is 0 Å². The molecule has 5 nitrogen and oxygen atoms in total. The molecule has 0 saturated carbocycles. The van der Waals surface area contributed by atoms with Crippen molar-refractivity contribution in [3.05, 3.63) is 77.8 Å². The van der Waals surface area contributed by atoms with E-state index in [-0.39, 0.29) is 17.1 Å². The fraction of sp³-hybridized carbons (Fsp3) is 0.0556. The zero-order chi connectivity index (χ0) is 17.4. The lowest BCUT2D eigenvalue weighted by atomic mass is 10.1. The minimum absolute atomic E-state index is 0.0220. The molecule has 4 rings (SSSR count). The number of anilines is 1. The zero-order valence-electron chi connectivity index (χ0n) is 13.0. The largest absolute Gasteiger partial charge is 0.381 e. The summed E-state index contributed by atoms with van der Waals surface area (Å²) in [4.78, 5) is 8.52. The van der Waals surface area contributed by atoms with Gasteiger partial charge in [0, 0.05) is 12.0 Å². The highest BCUT2D eigenvalue weighted by Crippen LogP contribution is 2.24. The number of fused-ring (bicyclic) bond motifs is 1. The fourth-order valence-corrected chi connectivity index (χ4v) is 2.63. The summed E-state index contributed by atoms with van der Waals surface area (Å²) >= 11 is 0. The highest BCUT2D eigenvalue weighted by atomic mass is 19.1. The lowest BCUT2D eigenvalue weighted by molar-refractivity contribution is 0.602. The third-order valence-corrected chi connectivity index (χ3v) is 3.80. The maximum Gasteiger partial charge on any atom is 0.198 e. The van der Waals surface area contributed by atoms with Crippen molar-refractivity contribution < 1.29 is 8.78 Å². The molecule has 0 saturated heterocycles. The molecule has 0 unspecified atom stereocenters. The van der Waals surface area contributed by atoms with Crippen LogP contribution in [-0.2, 0) is 6.42 Å². The first-order chi connectivity index (χ1) is 12.1. The molecule has 0 spiro atoms.